The van der Waals surface area contributed by atoms with Crippen LogP contribution < -0.4 is 4.74 Å². The van der Waals surface area contributed by atoms with E-state index in [1.54, 1.807) is 18.2 Å². The maximum atomic E-state index is 11.2. The SMILES string of the molecule is CCCCCCCCCCCCOc1ccccc1S(=O)(=O)O. The van der Waals surface area contributed by atoms with Crippen molar-refractivity contribution in [1.29, 1.82) is 0 Å². The fourth-order valence-corrected chi connectivity index (χ4v) is 3.19. The second-order valence-electron chi connectivity index (χ2n) is 5.95. The molecule has 1 aromatic rings. The van der Waals surface area contributed by atoms with Crippen LogP contribution in [-0.4, -0.2) is 19.6 Å². The Hall–Kier alpha value is -1.07. The van der Waals surface area contributed by atoms with Crippen LogP contribution in [0.2, 0.25) is 0 Å². The second-order valence-corrected chi connectivity index (χ2v) is 7.34. The molecule has 0 fully saturated rings. The predicted octanol–water partition coefficient (Wildman–Crippen LogP) is 5.23. The zero-order chi connectivity index (χ0) is 17.0. The Labute approximate surface area is 141 Å². The summed E-state index contributed by atoms with van der Waals surface area (Å²) in [4.78, 5) is -0.160. The molecule has 0 radical (unpaired) electrons. The number of hydrogen-bond donors (Lipinski definition) is 1. The maximum Gasteiger partial charge on any atom is 0.298 e. The van der Waals surface area contributed by atoms with E-state index in [0.29, 0.717) is 6.61 Å². The first-order valence-electron chi connectivity index (χ1n) is 8.75. The molecule has 23 heavy (non-hydrogen) atoms. The van der Waals surface area contributed by atoms with Gasteiger partial charge in [0.15, 0.2) is 0 Å². The summed E-state index contributed by atoms with van der Waals surface area (Å²) in [6.45, 7) is 2.71. The summed E-state index contributed by atoms with van der Waals surface area (Å²) in [5, 5.41) is 0. The lowest BCUT2D eigenvalue weighted by Crippen LogP contribution is -2.04. The smallest absolute Gasteiger partial charge is 0.298 e. The van der Waals surface area contributed by atoms with Gasteiger partial charge in [-0.05, 0) is 18.6 Å². The Morgan fingerprint density at radius 3 is 1.96 bits per heavy atom. The van der Waals surface area contributed by atoms with Gasteiger partial charge in [0.05, 0.1) is 6.61 Å². The van der Waals surface area contributed by atoms with Crippen molar-refractivity contribution in [1.82, 2.24) is 0 Å². The minimum absolute atomic E-state index is 0.160. The molecule has 1 aromatic carbocycles. The van der Waals surface area contributed by atoms with E-state index in [2.05, 4.69) is 6.92 Å². The molecule has 0 saturated carbocycles. The first-order valence-corrected chi connectivity index (χ1v) is 10.2. The van der Waals surface area contributed by atoms with E-state index in [0.717, 1.165) is 12.8 Å². The number of benzene rings is 1. The minimum Gasteiger partial charge on any atom is -0.492 e. The molecule has 0 unspecified atom stereocenters. The monoisotopic (exact) mass is 342 g/mol. The van der Waals surface area contributed by atoms with Gasteiger partial charge in [-0.1, -0.05) is 76.8 Å². The van der Waals surface area contributed by atoms with E-state index in [-0.39, 0.29) is 10.6 Å². The van der Waals surface area contributed by atoms with Gasteiger partial charge in [-0.25, -0.2) is 0 Å². The molecule has 0 aliphatic carbocycles. The molecule has 0 bridgehead atoms. The Kier molecular flexibility index (Phi) is 9.96. The average molecular weight is 343 g/mol. The van der Waals surface area contributed by atoms with Crippen LogP contribution in [0.15, 0.2) is 29.2 Å². The van der Waals surface area contributed by atoms with Gasteiger partial charge >= 0.3 is 0 Å². The summed E-state index contributed by atoms with van der Waals surface area (Å²) in [6, 6.07) is 6.18. The second kappa shape index (κ2) is 11.5. The lowest BCUT2D eigenvalue weighted by atomic mass is 10.1. The standard InChI is InChI=1S/C18H30O4S/c1-2-3-4-5-6-7-8-9-10-13-16-22-17-14-11-12-15-18(17)23(19,20)21/h11-12,14-15H,2-10,13,16H2,1H3,(H,19,20,21). The van der Waals surface area contributed by atoms with Gasteiger partial charge in [0.25, 0.3) is 10.1 Å². The molecule has 132 valence electrons. The van der Waals surface area contributed by atoms with Crippen molar-refractivity contribution < 1.29 is 17.7 Å². The summed E-state index contributed by atoms with van der Waals surface area (Å²) in [5.74, 6) is 0.228. The van der Waals surface area contributed by atoms with Crippen LogP contribution in [0.25, 0.3) is 0 Å². The third-order valence-corrected chi connectivity index (χ3v) is 4.78. The fourth-order valence-electron chi connectivity index (χ4n) is 2.55. The molecule has 1 rings (SSSR count). The third-order valence-electron chi connectivity index (χ3n) is 3.88. The number of para-hydroxylation sites is 1. The molecule has 0 spiro atoms. The van der Waals surface area contributed by atoms with Gasteiger partial charge < -0.3 is 4.74 Å². The topological polar surface area (TPSA) is 63.6 Å². The van der Waals surface area contributed by atoms with E-state index in [1.807, 2.05) is 0 Å². The van der Waals surface area contributed by atoms with Crippen molar-refractivity contribution in [2.24, 2.45) is 0 Å². The summed E-state index contributed by atoms with van der Waals surface area (Å²) in [6.07, 6.45) is 12.4. The molecule has 0 aliphatic rings. The fraction of sp³-hybridized carbons (Fsp3) is 0.667. The molecular formula is C18H30O4S. The summed E-state index contributed by atoms with van der Waals surface area (Å²) in [7, 11) is -4.22. The Bertz CT molecular complexity index is 526. The van der Waals surface area contributed by atoms with Crippen LogP contribution in [0, 0.1) is 0 Å². The summed E-state index contributed by atoms with van der Waals surface area (Å²) in [5.41, 5.74) is 0. The number of hydrogen-bond acceptors (Lipinski definition) is 3. The number of unbranched alkanes of at least 4 members (excludes halogenated alkanes) is 9. The highest BCUT2D eigenvalue weighted by atomic mass is 32.2. The van der Waals surface area contributed by atoms with Gasteiger partial charge in [-0.3, -0.25) is 4.55 Å². The normalized spacial score (nSPS) is 11.6. The van der Waals surface area contributed by atoms with Crippen molar-refractivity contribution in [3.8, 4) is 5.75 Å². The molecule has 0 saturated heterocycles. The molecule has 5 heteroatoms. The lowest BCUT2D eigenvalue weighted by molar-refractivity contribution is 0.295. The van der Waals surface area contributed by atoms with E-state index < -0.39 is 10.1 Å². The largest absolute Gasteiger partial charge is 0.492 e. The van der Waals surface area contributed by atoms with Crippen LogP contribution in [0.3, 0.4) is 0 Å². The highest BCUT2D eigenvalue weighted by Gasteiger charge is 2.15. The molecular weight excluding hydrogens is 312 g/mol. The van der Waals surface area contributed by atoms with Crippen molar-refractivity contribution in [2.75, 3.05) is 6.61 Å². The first kappa shape index (κ1) is 20.0. The highest BCUT2D eigenvalue weighted by Crippen LogP contribution is 2.23. The summed E-state index contributed by atoms with van der Waals surface area (Å²) >= 11 is 0. The van der Waals surface area contributed by atoms with Crippen LogP contribution >= 0.6 is 0 Å². The number of ether oxygens (including phenoxy) is 1. The van der Waals surface area contributed by atoms with Gasteiger partial charge in [0, 0.05) is 0 Å². The van der Waals surface area contributed by atoms with Crippen molar-refractivity contribution in [2.45, 2.75) is 76.0 Å². The van der Waals surface area contributed by atoms with E-state index >= 15 is 0 Å². The molecule has 0 heterocycles. The molecule has 0 atom stereocenters. The highest BCUT2D eigenvalue weighted by molar-refractivity contribution is 7.86. The van der Waals surface area contributed by atoms with Gasteiger partial charge in [0.1, 0.15) is 10.6 Å². The van der Waals surface area contributed by atoms with E-state index in [9.17, 15) is 8.42 Å². The molecule has 0 amide bonds. The molecule has 1 N–H and O–H groups in total. The predicted molar refractivity (Wildman–Crippen MR) is 93.6 cm³/mol. The van der Waals surface area contributed by atoms with Crippen molar-refractivity contribution in [3.63, 3.8) is 0 Å². The zero-order valence-corrected chi connectivity index (χ0v) is 15.0. The summed E-state index contributed by atoms with van der Waals surface area (Å²) < 4.78 is 37.1. The van der Waals surface area contributed by atoms with Crippen molar-refractivity contribution in [3.05, 3.63) is 24.3 Å². The van der Waals surface area contributed by atoms with Crippen LogP contribution in [0.1, 0.15) is 71.1 Å². The minimum atomic E-state index is -4.22. The Morgan fingerprint density at radius 2 is 1.39 bits per heavy atom. The van der Waals surface area contributed by atoms with Crippen molar-refractivity contribution >= 4 is 10.1 Å². The maximum absolute atomic E-state index is 11.2. The Balaban J connectivity index is 2.10. The molecule has 0 aromatic heterocycles. The van der Waals surface area contributed by atoms with Gasteiger partial charge in [-0.15, -0.1) is 0 Å². The molecule has 4 nitrogen and oxygen atoms in total. The van der Waals surface area contributed by atoms with Gasteiger partial charge in [-0.2, -0.15) is 8.42 Å². The molecule has 0 aliphatic heterocycles. The first-order chi connectivity index (χ1) is 11.1. The van der Waals surface area contributed by atoms with E-state index in [1.165, 1.54) is 57.4 Å². The van der Waals surface area contributed by atoms with Crippen LogP contribution in [0.5, 0.6) is 5.75 Å². The number of rotatable bonds is 13. The van der Waals surface area contributed by atoms with E-state index in [4.69, 9.17) is 9.29 Å². The lowest BCUT2D eigenvalue weighted by Gasteiger charge is -2.09. The van der Waals surface area contributed by atoms with Gasteiger partial charge in [0.2, 0.25) is 0 Å². The van der Waals surface area contributed by atoms with Crippen LogP contribution in [0.4, 0.5) is 0 Å². The zero-order valence-electron chi connectivity index (χ0n) is 14.2. The Morgan fingerprint density at radius 1 is 0.870 bits per heavy atom. The third kappa shape index (κ3) is 8.96. The quantitative estimate of drug-likeness (QED) is 0.393. The average Bonchev–Trinajstić information content (AvgIpc) is 2.52. The van der Waals surface area contributed by atoms with Crippen LogP contribution in [-0.2, 0) is 10.1 Å².